The third-order valence-electron chi connectivity index (χ3n) is 2.88. The van der Waals surface area contributed by atoms with E-state index in [1.807, 2.05) is 6.92 Å². The zero-order chi connectivity index (χ0) is 9.84. The Kier molecular flexibility index (Phi) is 3.73. The maximum absolute atomic E-state index is 9.51. The third kappa shape index (κ3) is 3.00. The van der Waals surface area contributed by atoms with Gasteiger partial charge >= 0.3 is 0 Å². The molecule has 0 aromatic heterocycles. The van der Waals surface area contributed by atoms with Crippen LogP contribution in [-0.2, 0) is 0 Å². The van der Waals surface area contributed by atoms with Gasteiger partial charge in [-0.1, -0.05) is 30.2 Å². The van der Waals surface area contributed by atoms with Crippen LogP contribution in [0, 0.1) is 5.92 Å². The standard InChI is InChI=1S/C12H20O/c1-4-12(13)8-11-6-5-9(2)10(3)7-11/h5,7,11-13H,4,6,8H2,1-3H3. The van der Waals surface area contributed by atoms with Crippen LogP contribution in [0.4, 0.5) is 0 Å². The first-order valence-corrected chi connectivity index (χ1v) is 5.17. The first kappa shape index (κ1) is 10.5. The van der Waals surface area contributed by atoms with E-state index < -0.39 is 0 Å². The highest BCUT2D eigenvalue weighted by atomic mass is 16.3. The first-order valence-electron chi connectivity index (χ1n) is 5.17. The van der Waals surface area contributed by atoms with Crippen molar-refractivity contribution in [2.24, 2.45) is 5.92 Å². The summed E-state index contributed by atoms with van der Waals surface area (Å²) in [5.41, 5.74) is 2.77. The summed E-state index contributed by atoms with van der Waals surface area (Å²) >= 11 is 0. The highest BCUT2D eigenvalue weighted by Crippen LogP contribution is 2.25. The summed E-state index contributed by atoms with van der Waals surface area (Å²) in [7, 11) is 0. The largest absolute Gasteiger partial charge is 0.393 e. The molecule has 0 heterocycles. The van der Waals surface area contributed by atoms with Gasteiger partial charge in [0.1, 0.15) is 0 Å². The van der Waals surface area contributed by atoms with Gasteiger partial charge in [-0.2, -0.15) is 0 Å². The van der Waals surface area contributed by atoms with Crippen molar-refractivity contribution in [3.05, 3.63) is 23.3 Å². The van der Waals surface area contributed by atoms with Crippen molar-refractivity contribution in [2.45, 2.75) is 46.1 Å². The molecule has 2 atom stereocenters. The molecule has 0 amide bonds. The molecule has 0 saturated heterocycles. The summed E-state index contributed by atoms with van der Waals surface area (Å²) in [6.45, 7) is 6.33. The van der Waals surface area contributed by atoms with Gasteiger partial charge in [0.05, 0.1) is 6.10 Å². The van der Waals surface area contributed by atoms with Gasteiger partial charge in [-0.25, -0.2) is 0 Å². The second-order valence-corrected chi connectivity index (χ2v) is 4.03. The zero-order valence-electron chi connectivity index (χ0n) is 8.88. The van der Waals surface area contributed by atoms with Crippen LogP contribution in [0.2, 0.25) is 0 Å². The Morgan fingerprint density at radius 3 is 2.69 bits per heavy atom. The lowest BCUT2D eigenvalue weighted by Gasteiger charge is -2.20. The quantitative estimate of drug-likeness (QED) is 0.707. The van der Waals surface area contributed by atoms with E-state index in [9.17, 15) is 5.11 Å². The topological polar surface area (TPSA) is 20.2 Å². The fraction of sp³-hybridized carbons (Fsp3) is 0.667. The van der Waals surface area contributed by atoms with Gasteiger partial charge in [0.25, 0.3) is 0 Å². The Bertz CT molecular complexity index is 225. The molecule has 1 nitrogen and oxygen atoms in total. The molecule has 1 N–H and O–H groups in total. The van der Waals surface area contributed by atoms with Gasteiger partial charge in [0, 0.05) is 0 Å². The highest BCUT2D eigenvalue weighted by molar-refractivity contribution is 5.30. The molecular weight excluding hydrogens is 160 g/mol. The Morgan fingerprint density at radius 1 is 1.46 bits per heavy atom. The minimum absolute atomic E-state index is 0.124. The van der Waals surface area contributed by atoms with E-state index in [0.717, 1.165) is 19.3 Å². The van der Waals surface area contributed by atoms with Crippen LogP contribution in [0.25, 0.3) is 0 Å². The molecule has 13 heavy (non-hydrogen) atoms. The van der Waals surface area contributed by atoms with E-state index >= 15 is 0 Å². The van der Waals surface area contributed by atoms with E-state index in [4.69, 9.17) is 0 Å². The fourth-order valence-corrected chi connectivity index (χ4v) is 1.72. The monoisotopic (exact) mass is 180 g/mol. The van der Waals surface area contributed by atoms with Crippen molar-refractivity contribution in [1.82, 2.24) is 0 Å². The summed E-state index contributed by atoms with van der Waals surface area (Å²) in [6.07, 6.45) is 7.33. The molecule has 0 aliphatic heterocycles. The number of allylic oxidation sites excluding steroid dienone is 4. The van der Waals surface area contributed by atoms with Crippen molar-refractivity contribution in [1.29, 1.82) is 0 Å². The smallest absolute Gasteiger partial charge is 0.0543 e. The second kappa shape index (κ2) is 4.61. The Balaban J connectivity index is 2.49. The molecule has 0 saturated carbocycles. The summed E-state index contributed by atoms with van der Waals surface area (Å²) in [5.74, 6) is 0.554. The average Bonchev–Trinajstić information content (AvgIpc) is 2.11. The maximum Gasteiger partial charge on any atom is 0.0543 e. The number of hydrogen-bond acceptors (Lipinski definition) is 1. The minimum Gasteiger partial charge on any atom is -0.393 e. The third-order valence-corrected chi connectivity index (χ3v) is 2.88. The van der Waals surface area contributed by atoms with Gasteiger partial charge in [-0.3, -0.25) is 0 Å². The second-order valence-electron chi connectivity index (χ2n) is 4.03. The molecule has 0 aromatic carbocycles. The predicted octanol–water partition coefficient (Wildman–Crippen LogP) is 3.06. The van der Waals surface area contributed by atoms with Crippen LogP contribution in [-0.4, -0.2) is 11.2 Å². The number of rotatable bonds is 3. The van der Waals surface area contributed by atoms with Crippen molar-refractivity contribution in [3.8, 4) is 0 Å². The Hall–Kier alpha value is -0.560. The lowest BCUT2D eigenvalue weighted by Crippen LogP contribution is -2.12. The van der Waals surface area contributed by atoms with E-state index in [2.05, 4.69) is 26.0 Å². The summed E-state index contributed by atoms with van der Waals surface area (Å²) < 4.78 is 0. The van der Waals surface area contributed by atoms with Gasteiger partial charge in [0.2, 0.25) is 0 Å². The van der Waals surface area contributed by atoms with Crippen LogP contribution in [0.15, 0.2) is 23.3 Å². The summed E-state index contributed by atoms with van der Waals surface area (Å²) in [6, 6.07) is 0. The maximum atomic E-state index is 9.51. The number of aliphatic hydroxyl groups is 1. The number of hydrogen-bond donors (Lipinski definition) is 1. The van der Waals surface area contributed by atoms with Crippen molar-refractivity contribution >= 4 is 0 Å². The molecule has 1 rings (SSSR count). The molecule has 0 bridgehead atoms. The van der Waals surface area contributed by atoms with Crippen LogP contribution in [0.5, 0.6) is 0 Å². The Morgan fingerprint density at radius 2 is 2.15 bits per heavy atom. The molecule has 0 spiro atoms. The Labute approximate surface area is 81.2 Å². The summed E-state index contributed by atoms with van der Waals surface area (Å²) in [4.78, 5) is 0. The molecule has 0 radical (unpaired) electrons. The van der Waals surface area contributed by atoms with Crippen LogP contribution < -0.4 is 0 Å². The summed E-state index contributed by atoms with van der Waals surface area (Å²) in [5, 5.41) is 9.51. The highest BCUT2D eigenvalue weighted by Gasteiger charge is 2.13. The zero-order valence-corrected chi connectivity index (χ0v) is 8.88. The number of aliphatic hydroxyl groups excluding tert-OH is 1. The molecule has 74 valence electrons. The van der Waals surface area contributed by atoms with Crippen molar-refractivity contribution < 1.29 is 5.11 Å². The lowest BCUT2D eigenvalue weighted by atomic mass is 9.88. The first-order chi connectivity index (χ1) is 6.13. The van der Waals surface area contributed by atoms with Crippen LogP contribution in [0.1, 0.15) is 40.0 Å². The molecule has 1 heteroatoms. The van der Waals surface area contributed by atoms with Gasteiger partial charge in [-0.15, -0.1) is 0 Å². The van der Waals surface area contributed by atoms with Crippen LogP contribution >= 0.6 is 0 Å². The molecule has 1 aliphatic carbocycles. The molecular formula is C12H20O. The molecule has 1 aliphatic rings. The van der Waals surface area contributed by atoms with Crippen molar-refractivity contribution in [3.63, 3.8) is 0 Å². The SMILES string of the molecule is CCC(O)CC1C=C(C)C(C)=CC1. The van der Waals surface area contributed by atoms with Crippen LogP contribution in [0.3, 0.4) is 0 Å². The minimum atomic E-state index is -0.124. The van der Waals surface area contributed by atoms with E-state index in [-0.39, 0.29) is 6.10 Å². The molecule has 2 unspecified atom stereocenters. The predicted molar refractivity (Wildman–Crippen MR) is 56.5 cm³/mol. The lowest BCUT2D eigenvalue weighted by molar-refractivity contribution is 0.146. The van der Waals surface area contributed by atoms with Gasteiger partial charge in [0.15, 0.2) is 0 Å². The van der Waals surface area contributed by atoms with E-state index in [1.165, 1.54) is 11.1 Å². The molecule has 0 aromatic rings. The van der Waals surface area contributed by atoms with E-state index in [1.54, 1.807) is 0 Å². The molecule has 0 fully saturated rings. The van der Waals surface area contributed by atoms with Gasteiger partial charge in [-0.05, 0) is 39.0 Å². The normalized spacial score (nSPS) is 25.1. The van der Waals surface area contributed by atoms with Gasteiger partial charge < -0.3 is 5.11 Å². The van der Waals surface area contributed by atoms with E-state index in [0.29, 0.717) is 5.92 Å². The average molecular weight is 180 g/mol. The van der Waals surface area contributed by atoms with Crippen molar-refractivity contribution in [2.75, 3.05) is 0 Å². The fourth-order valence-electron chi connectivity index (χ4n) is 1.72.